The highest BCUT2D eigenvalue weighted by Gasteiger charge is 2.32. The summed E-state index contributed by atoms with van der Waals surface area (Å²) in [7, 11) is 0. The van der Waals surface area contributed by atoms with Crippen molar-refractivity contribution in [2.45, 2.75) is 27.2 Å². The summed E-state index contributed by atoms with van der Waals surface area (Å²) in [5.41, 5.74) is 3.46. The van der Waals surface area contributed by atoms with Gasteiger partial charge in [-0.05, 0) is 49.8 Å². The zero-order chi connectivity index (χ0) is 22.7. The summed E-state index contributed by atoms with van der Waals surface area (Å²) >= 11 is 1.71. The van der Waals surface area contributed by atoms with Gasteiger partial charge in [0.25, 0.3) is 5.91 Å². The van der Waals surface area contributed by atoms with Gasteiger partial charge in [-0.3, -0.25) is 9.59 Å². The summed E-state index contributed by atoms with van der Waals surface area (Å²) < 4.78 is 0. The van der Waals surface area contributed by atoms with Crippen LogP contribution < -0.4 is 0 Å². The Hall–Kier alpha value is -3.06. The Morgan fingerprint density at radius 2 is 1.94 bits per heavy atom. The molecule has 1 aromatic carbocycles. The van der Waals surface area contributed by atoms with Crippen LogP contribution in [0.5, 0.6) is 0 Å². The van der Waals surface area contributed by atoms with E-state index in [1.165, 1.54) is 10.4 Å². The third-order valence-corrected chi connectivity index (χ3v) is 6.90. The largest absolute Gasteiger partial charge is 0.341 e. The molecule has 0 aliphatic carbocycles. The second-order valence-corrected chi connectivity index (χ2v) is 9.11. The number of carbonyl (C=O) groups is 2. The Morgan fingerprint density at radius 3 is 2.59 bits per heavy atom. The lowest BCUT2D eigenvalue weighted by Crippen LogP contribution is -2.38. The fraction of sp³-hybridized carbons (Fsp3) is 0.360. The minimum Gasteiger partial charge on any atom is -0.341 e. The number of hydrogen-bond acceptors (Lipinski definition) is 5. The van der Waals surface area contributed by atoms with Gasteiger partial charge in [-0.15, -0.1) is 11.3 Å². The number of rotatable bonds is 5. The first kappa shape index (κ1) is 22.1. The highest BCUT2D eigenvalue weighted by molar-refractivity contribution is 7.13. The summed E-state index contributed by atoms with van der Waals surface area (Å²) in [5.74, 6) is 0.375. The Kier molecular flexibility index (Phi) is 6.65. The second kappa shape index (κ2) is 9.61. The first-order valence-corrected chi connectivity index (χ1v) is 11.9. The van der Waals surface area contributed by atoms with Gasteiger partial charge in [-0.25, -0.2) is 9.97 Å². The lowest BCUT2D eigenvalue weighted by Gasteiger charge is -2.24. The molecular formula is C25H28N4O2S. The molecule has 32 heavy (non-hydrogen) atoms. The summed E-state index contributed by atoms with van der Waals surface area (Å²) in [5, 5.41) is 2.07. The van der Waals surface area contributed by atoms with Crippen molar-refractivity contribution in [3.05, 3.63) is 70.6 Å². The van der Waals surface area contributed by atoms with E-state index in [4.69, 9.17) is 0 Å². The molecule has 0 saturated carbocycles. The average molecular weight is 449 g/mol. The number of amides is 2. The topological polar surface area (TPSA) is 66.4 Å². The van der Waals surface area contributed by atoms with E-state index >= 15 is 0 Å². The zero-order valence-corrected chi connectivity index (χ0v) is 19.6. The second-order valence-electron chi connectivity index (χ2n) is 8.16. The van der Waals surface area contributed by atoms with Crippen LogP contribution in [-0.2, 0) is 11.2 Å². The van der Waals surface area contributed by atoms with Crippen LogP contribution in [0.3, 0.4) is 0 Å². The number of nitrogens with zero attached hydrogens (tertiary/aromatic N) is 4. The summed E-state index contributed by atoms with van der Waals surface area (Å²) in [6, 6.07) is 12.5. The molecule has 0 spiro atoms. The van der Waals surface area contributed by atoms with E-state index in [2.05, 4.69) is 45.7 Å². The Bertz CT molecular complexity index is 1100. The average Bonchev–Trinajstić information content (AvgIpc) is 3.27. The van der Waals surface area contributed by atoms with Gasteiger partial charge in [-0.2, -0.15) is 0 Å². The molecule has 0 unspecified atom stereocenters. The van der Waals surface area contributed by atoms with Crippen LogP contribution in [0.1, 0.15) is 34.4 Å². The van der Waals surface area contributed by atoms with Crippen molar-refractivity contribution in [1.82, 2.24) is 19.8 Å². The van der Waals surface area contributed by atoms with E-state index in [0.29, 0.717) is 49.7 Å². The maximum atomic E-state index is 13.3. The maximum Gasteiger partial charge on any atom is 0.257 e. The van der Waals surface area contributed by atoms with E-state index in [9.17, 15) is 9.59 Å². The van der Waals surface area contributed by atoms with Crippen LogP contribution in [0.15, 0.2) is 48.0 Å². The molecule has 0 bridgehead atoms. The van der Waals surface area contributed by atoms with Crippen LogP contribution >= 0.6 is 11.3 Å². The van der Waals surface area contributed by atoms with Crippen molar-refractivity contribution in [2.24, 2.45) is 5.92 Å². The van der Waals surface area contributed by atoms with Gasteiger partial charge >= 0.3 is 0 Å². The van der Waals surface area contributed by atoms with Crippen molar-refractivity contribution in [3.8, 4) is 10.4 Å². The normalized spacial score (nSPS) is 16.8. The zero-order valence-electron chi connectivity index (χ0n) is 18.7. The number of hydrogen-bond donors (Lipinski definition) is 0. The number of likely N-dealkylation sites (N-methyl/N-ethyl adjacent to an activating group) is 1. The molecule has 1 fully saturated rings. The van der Waals surface area contributed by atoms with E-state index in [1.807, 2.05) is 31.7 Å². The first-order valence-electron chi connectivity index (χ1n) is 11.0. The highest BCUT2D eigenvalue weighted by atomic mass is 32.1. The van der Waals surface area contributed by atoms with Gasteiger partial charge in [0.2, 0.25) is 5.91 Å². The number of thiophene rings is 1. The van der Waals surface area contributed by atoms with E-state index in [0.717, 1.165) is 5.56 Å². The molecule has 1 aliphatic rings. The predicted octanol–water partition coefficient (Wildman–Crippen LogP) is 3.99. The Labute approximate surface area is 192 Å². The van der Waals surface area contributed by atoms with Crippen LogP contribution in [0.25, 0.3) is 10.4 Å². The standard InChI is InChI=1S/C25H28N4O2S/c1-4-28-11-12-29(25(31)22-15-26-18(3)27-17(22)2)16-21(24(28)30)14-19-7-9-20(10-8-19)23-6-5-13-32-23/h5-10,13,15,21H,4,11-12,14,16H2,1-3H3/t21-/m0/s1. The number of aromatic nitrogens is 2. The minimum atomic E-state index is -0.277. The van der Waals surface area contributed by atoms with Gasteiger partial charge in [0.05, 0.1) is 17.2 Å². The van der Waals surface area contributed by atoms with Crippen molar-refractivity contribution in [2.75, 3.05) is 26.2 Å². The number of aryl methyl sites for hydroxylation is 2. The molecule has 1 aliphatic heterocycles. The molecule has 7 heteroatoms. The smallest absolute Gasteiger partial charge is 0.257 e. The van der Waals surface area contributed by atoms with Crippen molar-refractivity contribution in [3.63, 3.8) is 0 Å². The van der Waals surface area contributed by atoms with Crippen molar-refractivity contribution < 1.29 is 9.59 Å². The van der Waals surface area contributed by atoms with Crippen LogP contribution in [-0.4, -0.2) is 57.8 Å². The third kappa shape index (κ3) is 4.72. The van der Waals surface area contributed by atoms with Gasteiger partial charge in [0.1, 0.15) is 5.82 Å². The van der Waals surface area contributed by atoms with Crippen LogP contribution in [0.4, 0.5) is 0 Å². The molecule has 0 N–H and O–H groups in total. The Balaban J connectivity index is 1.55. The predicted molar refractivity (Wildman–Crippen MR) is 127 cm³/mol. The van der Waals surface area contributed by atoms with E-state index < -0.39 is 0 Å². The van der Waals surface area contributed by atoms with Crippen LogP contribution in [0.2, 0.25) is 0 Å². The molecular weight excluding hydrogens is 420 g/mol. The maximum absolute atomic E-state index is 13.3. The lowest BCUT2D eigenvalue weighted by molar-refractivity contribution is -0.134. The summed E-state index contributed by atoms with van der Waals surface area (Å²) in [6.45, 7) is 7.72. The molecule has 2 amide bonds. The quantitative estimate of drug-likeness (QED) is 0.592. The summed E-state index contributed by atoms with van der Waals surface area (Å²) in [4.78, 5) is 39.9. The summed E-state index contributed by atoms with van der Waals surface area (Å²) in [6.07, 6.45) is 2.20. The molecule has 0 radical (unpaired) electrons. The Morgan fingerprint density at radius 1 is 1.16 bits per heavy atom. The molecule has 1 saturated heterocycles. The fourth-order valence-corrected chi connectivity index (χ4v) is 4.92. The lowest BCUT2D eigenvalue weighted by atomic mass is 9.96. The highest BCUT2D eigenvalue weighted by Crippen LogP contribution is 2.26. The molecule has 2 aromatic heterocycles. The fourth-order valence-electron chi connectivity index (χ4n) is 4.19. The molecule has 6 nitrogen and oxygen atoms in total. The van der Waals surface area contributed by atoms with E-state index in [-0.39, 0.29) is 17.7 Å². The molecule has 3 aromatic rings. The minimum absolute atomic E-state index is 0.105. The van der Waals surface area contributed by atoms with Crippen LogP contribution in [0, 0.1) is 19.8 Å². The third-order valence-electron chi connectivity index (χ3n) is 5.98. The number of benzene rings is 1. The van der Waals surface area contributed by atoms with Gasteiger partial charge in [0.15, 0.2) is 0 Å². The molecule has 3 heterocycles. The first-order chi connectivity index (χ1) is 15.5. The number of carbonyl (C=O) groups excluding carboxylic acids is 2. The molecule has 4 rings (SSSR count). The van der Waals surface area contributed by atoms with Crippen molar-refractivity contribution >= 4 is 23.2 Å². The molecule has 166 valence electrons. The van der Waals surface area contributed by atoms with E-state index in [1.54, 1.807) is 22.4 Å². The van der Waals surface area contributed by atoms with Crippen molar-refractivity contribution in [1.29, 1.82) is 0 Å². The molecule has 1 atom stereocenters. The van der Waals surface area contributed by atoms with Gasteiger partial charge in [0, 0.05) is 37.3 Å². The van der Waals surface area contributed by atoms with Gasteiger partial charge in [-0.1, -0.05) is 30.3 Å². The SMILES string of the molecule is CCN1CCN(C(=O)c2cnc(C)nc2C)C[C@H](Cc2ccc(-c3cccs3)cc2)C1=O. The monoisotopic (exact) mass is 448 g/mol. The van der Waals surface area contributed by atoms with Gasteiger partial charge < -0.3 is 9.80 Å².